The molecule has 1 heterocycles. The first-order valence-corrected chi connectivity index (χ1v) is 6.41. The van der Waals surface area contributed by atoms with Crippen LogP contribution in [0, 0.1) is 5.82 Å². The van der Waals surface area contributed by atoms with Crippen molar-refractivity contribution in [2.24, 2.45) is 0 Å². The van der Waals surface area contributed by atoms with E-state index < -0.39 is 0 Å². The second-order valence-electron chi connectivity index (χ2n) is 3.99. The van der Waals surface area contributed by atoms with E-state index in [4.69, 9.17) is 9.84 Å². The van der Waals surface area contributed by atoms with Gasteiger partial charge in [0.25, 0.3) is 0 Å². The fraction of sp³-hybridized carbons (Fsp3) is 0.417. The molecule has 2 aromatic rings. The molecule has 98 valence electrons. The van der Waals surface area contributed by atoms with Crippen LogP contribution >= 0.6 is 15.9 Å². The van der Waals surface area contributed by atoms with E-state index in [-0.39, 0.29) is 12.4 Å². The van der Waals surface area contributed by atoms with E-state index in [2.05, 4.69) is 21.0 Å². The number of aryl methyl sites for hydroxylation is 1. The van der Waals surface area contributed by atoms with E-state index in [1.54, 1.807) is 17.9 Å². The lowest BCUT2D eigenvalue weighted by molar-refractivity contribution is 0.189. The van der Waals surface area contributed by atoms with Crippen molar-refractivity contribution in [2.75, 3.05) is 13.7 Å². The van der Waals surface area contributed by atoms with E-state index in [1.165, 1.54) is 6.07 Å². The Morgan fingerprint density at radius 2 is 2.28 bits per heavy atom. The number of aliphatic hydroxyl groups excluding tert-OH is 1. The summed E-state index contributed by atoms with van der Waals surface area (Å²) in [6.45, 7) is 1.08. The van der Waals surface area contributed by atoms with Gasteiger partial charge in [0.2, 0.25) is 0 Å². The molecule has 0 unspecified atom stereocenters. The van der Waals surface area contributed by atoms with Gasteiger partial charge in [-0.05, 0) is 40.0 Å². The zero-order valence-corrected chi connectivity index (χ0v) is 11.6. The molecule has 1 aromatic heterocycles. The number of hydrogen-bond donors (Lipinski definition) is 1. The van der Waals surface area contributed by atoms with Crippen LogP contribution in [-0.4, -0.2) is 28.6 Å². The molecule has 1 aromatic carbocycles. The maximum atomic E-state index is 13.9. The minimum Gasteiger partial charge on any atom is -0.392 e. The number of rotatable bonds is 5. The molecule has 6 heteroatoms. The predicted octanol–water partition coefficient (Wildman–Crippen LogP) is 2.47. The van der Waals surface area contributed by atoms with Crippen LogP contribution in [-0.2, 0) is 17.9 Å². The van der Waals surface area contributed by atoms with Gasteiger partial charge >= 0.3 is 0 Å². The largest absolute Gasteiger partial charge is 0.392 e. The van der Waals surface area contributed by atoms with Crippen LogP contribution < -0.4 is 0 Å². The molecule has 2 rings (SSSR count). The number of fused-ring (bicyclic) bond motifs is 1. The molecule has 0 aliphatic heterocycles. The van der Waals surface area contributed by atoms with Crippen LogP contribution in [0.4, 0.5) is 4.39 Å². The molecule has 0 radical (unpaired) electrons. The first-order valence-electron chi connectivity index (χ1n) is 5.61. The zero-order valence-electron chi connectivity index (χ0n) is 9.99. The summed E-state index contributed by atoms with van der Waals surface area (Å²) in [5.41, 5.74) is 1.22. The van der Waals surface area contributed by atoms with Gasteiger partial charge in [-0.15, -0.1) is 0 Å². The topological polar surface area (TPSA) is 47.3 Å². The fourth-order valence-corrected chi connectivity index (χ4v) is 2.47. The van der Waals surface area contributed by atoms with Gasteiger partial charge in [0.05, 0.1) is 17.5 Å². The average molecular weight is 317 g/mol. The number of methoxy groups -OCH3 is 1. The molecule has 4 nitrogen and oxygen atoms in total. The van der Waals surface area contributed by atoms with E-state index in [1.807, 2.05) is 0 Å². The molecule has 0 saturated carbocycles. The lowest BCUT2D eigenvalue weighted by Gasteiger charge is -2.04. The van der Waals surface area contributed by atoms with Gasteiger partial charge in [0, 0.05) is 20.3 Å². The highest BCUT2D eigenvalue weighted by molar-refractivity contribution is 9.10. The lowest BCUT2D eigenvalue weighted by Crippen LogP contribution is -2.03. The first-order chi connectivity index (χ1) is 8.67. The summed E-state index contributed by atoms with van der Waals surface area (Å²) in [6.07, 6.45) is 0.796. The highest BCUT2D eigenvalue weighted by Crippen LogP contribution is 2.27. The number of aliphatic hydroxyl groups is 1. The van der Waals surface area contributed by atoms with Crippen molar-refractivity contribution in [2.45, 2.75) is 19.6 Å². The standard InChI is InChI=1S/C12H14BrFN2O2/c1-18-4-2-3-16-10-6-8(7-17)5-9(14)11(10)12(13)15-16/h5-6,17H,2-4,7H2,1H3. The summed E-state index contributed by atoms with van der Waals surface area (Å²) < 4.78 is 21.1. The Morgan fingerprint density at radius 1 is 1.50 bits per heavy atom. The maximum absolute atomic E-state index is 13.9. The fourth-order valence-electron chi connectivity index (χ4n) is 1.88. The zero-order chi connectivity index (χ0) is 13.1. The predicted molar refractivity (Wildman–Crippen MR) is 69.8 cm³/mol. The Balaban J connectivity index is 2.44. The molecule has 0 aliphatic carbocycles. The van der Waals surface area contributed by atoms with Crippen molar-refractivity contribution in [1.82, 2.24) is 9.78 Å². The van der Waals surface area contributed by atoms with Crippen molar-refractivity contribution in [3.63, 3.8) is 0 Å². The van der Waals surface area contributed by atoms with Gasteiger partial charge in [0.1, 0.15) is 10.4 Å². The van der Waals surface area contributed by atoms with Gasteiger partial charge < -0.3 is 9.84 Å². The van der Waals surface area contributed by atoms with Crippen LogP contribution in [0.5, 0.6) is 0 Å². The Morgan fingerprint density at radius 3 is 2.94 bits per heavy atom. The van der Waals surface area contributed by atoms with Crippen LogP contribution in [0.2, 0.25) is 0 Å². The molecule has 1 N–H and O–H groups in total. The van der Waals surface area contributed by atoms with Crippen LogP contribution in [0.3, 0.4) is 0 Å². The molecule has 18 heavy (non-hydrogen) atoms. The van der Waals surface area contributed by atoms with E-state index in [0.717, 1.165) is 6.42 Å². The molecule has 0 atom stereocenters. The summed E-state index contributed by atoms with van der Waals surface area (Å²) >= 11 is 3.26. The third-order valence-corrected chi connectivity index (χ3v) is 3.28. The molecule has 0 saturated heterocycles. The molecule has 0 amide bonds. The number of hydrogen-bond acceptors (Lipinski definition) is 3. The Kier molecular flexibility index (Phi) is 4.31. The average Bonchev–Trinajstić information content (AvgIpc) is 2.67. The van der Waals surface area contributed by atoms with Crippen LogP contribution in [0.1, 0.15) is 12.0 Å². The third kappa shape index (κ3) is 2.55. The minimum atomic E-state index is -0.374. The maximum Gasteiger partial charge on any atom is 0.138 e. The van der Waals surface area contributed by atoms with Gasteiger partial charge in [-0.1, -0.05) is 0 Å². The number of aromatic nitrogens is 2. The monoisotopic (exact) mass is 316 g/mol. The molecule has 0 bridgehead atoms. The van der Waals surface area contributed by atoms with E-state index in [9.17, 15) is 4.39 Å². The Hall–Kier alpha value is -0.980. The molecular formula is C12H14BrFN2O2. The van der Waals surface area contributed by atoms with Crippen molar-refractivity contribution < 1.29 is 14.2 Å². The summed E-state index contributed by atoms with van der Waals surface area (Å²) in [5.74, 6) is -0.374. The molecular weight excluding hydrogens is 303 g/mol. The summed E-state index contributed by atoms with van der Waals surface area (Å²) in [6, 6.07) is 3.08. The Labute approximate surface area is 112 Å². The normalized spacial score (nSPS) is 11.3. The molecule has 0 fully saturated rings. The summed E-state index contributed by atoms with van der Waals surface area (Å²) in [5, 5.41) is 13.8. The lowest BCUT2D eigenvalue weighted by atomic mass is 10.1. The van der Waals surface area contributed by atoms with Crippen LogP contribution in [0.25, 0.3) is 10.9 Å². The number of nitrogens with zero attached hydrogens (tertiary/aromatic N) is 2. The SMILES string of the molecule is COCCCn1nc(Br)c2c(F)cc(CO)cc21. The van der Waals surface area contributed by atoms with Crippen molar-refractivity contribution in [3.05, 3.63) is 28.1 Å². The molecule has 0 aliphatic rings. The third-order valence-electron chi connectivity index (χ3n) is 2.72. The van der Waals surface area contributed by atoms with Crippen molar-refractivity contribution in [3.8, 4) is 0 Å². The summed E-state index contributed by atoms with van der Waals surface area (Å²) in [7, 11) is 1.64. The van der Waals surface area contributed by atoms with Gasteiger partial charge in [-0.25, -0.2) is 4.39 Å². The smallest absolute Gasteiger partial charge is 0.138 e. The van der Waals surface area contributed by atoms with Gasteiger partial charge in [-0.3, -0.25) is 4.68 Å². The number of halogens is 2. The van der Waals surface area contributed by atoms with Gasteiger partial charge in [-0.2, -0.15) is 5.10 Å². The second kappa shape index (κ2) is 5.77. The van der Waals surface area contributed by atoms with Crippen LogP contribution in [0.15, 0.2) is 16.7 Å². The first kappa shape index (κ1) is 13.5. The van der Waals surface area contributed by atoms with E-state index >= 15 is 0 Å². The quantitative estimate of drug-likeness (QED) is 0.862. The highest BCUT2D eigenvalue weighted by Gasteiger charge is 2.14. The number of ether oxygens (including phenoxy) is 1. The Bertz CT molecular complexity index is 556. The molecule has 0 spiro atoms. The van der Waals surface area contributed by atoms with Crippen molar-refractivity contribution in [1.29, 1.82) is 0 Å². The van der Waals surface area contributed by atoms with E-state index in [0.29, 0.717) is 34.2 Å². The van der Waals surface area contributed by atoms with Crippen molar-refractivity contribution >= 4 is 26.8 Å². The number of benzene rings is 1. The summed E-state index contributed by atoms with van der Waals surface area (Å²) in [4.78, 5) is 0. The van der Waals surface area contributed by atoms with Gasteiger partial charge in [0.15, 0.2) is 0 Å². The highest BCUT2D eigenvalue weighted by atomic mass is 79.9. The second-order valence-corrected chi connectivity index (χ2v) is 4.74. The minimum absolute atomic E-state index is 0.187.